The lowest BCUT2D eigenvalue weighted by Gasteiger charge is -2.32. The Morgan fingerprint density at radius 3 is 2.50 bits per heavy atom. The molecule has 0 aromatic heterocycles. The van der Waals surface area contributed by atoms with Crippen LogP contribution in [0.4, 0.5) is 11.4 Å². The van der Waals surface area contributed by atoms with E-state index in [4.69, 9.17) is 4.74 Å². The molecule has 2 amide bonds. The van der Waals surface area contributed by atoms with Gasteiger partial charge in [0.2, 0.25) is 0 Å². The fraction of sp³-hybridized carbons (Fsp3) is 0.333. The van der Waals surface area contributed by atoms with Crippen molar-refractivity contribution in [2.45, 2.75) is 13.0 Å². The lowest BCUT2D eigenvalue weighted by Crippen LogP contribution is -2.47. The van der Waals surface area contributed by atoms with Gasteiger partial charge in [-0.05, 0) is 38.2 Å². The van der Waals surface area contributed by atoms with Gasteiger partial charge in [0.05, 0.1) is 4.92 Å². The molecule has 1 aliphatic heterocycles. The molecular weight excluding hydrogens is 388 g/mol. The summed E-state index contributed by atoms with van der Waals surface area (Å²) in [7, 11) is 2.02. The number of carbonyl (C=O) groups is 2. The number of benzene rings is 2. The zero-order valence-corrected chi connectivity index (χ0v) is 16.9. The molecule has 0 radical (unpaired) electrons. The summed E-state index contributed by atoms with van der Waals surface area (Å²) in [5.41, 5.74) is 0.736. The minimum Gasteiger partial charge on any atom is -0.474 e. The van der Waals surface area contributed by atoms with Crippen molar-refractivity contribution in [3.05, 3.63) is 64.2 Å². The number of likely N-dealkylation sites (N-methyl/N-ethyl adjacent to an activating group) is 1. The van der Waals surface area contributed by atoms with Crippen LogP contribution in [-0.2, 0) is 4.79 Å². The quantitative estimate of drug-likeness (QED) is 0.577. The molecule has 3 rings (SSSR count). The van der Waals surface area contributed by atoms with Crippen molar-refractivity contribution >= 4 is 23.2 Å². The Hall–Kier alpha value is -3.46. The molecule has 1 atom stereocenters. The molecule has 1 heterocycles. The van der Waals surface area contributed by atoms with Crippen LogP contribution in [-0.4, -0.2) is 65.9 Å². The van der Waals surface area contributed by atoms with E-state index < -0.39 is 16.9 Å². The van der Waals surface area contributed by atoms with Crippen LogP contribution in [0.3, 0.4) is 0 Å². The smallest absolute Gasteiger partial charge is 0.310 e. The van der Waals surface area contributed by atoms with Gasteiger partial charge in [0, 0.05) is 43.5 Å². The van der Waals surface area contributed by atoms with Crippen molar-refractivity contribution in [3.63, 3.8) is 0 Å². The van der Waals surface area contributed by atoms with Crippen LogP contribution in [0.25, 0.3) is 0 Å². The maximum atomic E-state index is 12.7. The zero-order chi connectivity index (χ0) is 21.7. The van der Waals surface area contributed by atoms with E-state index >= 15 is 0 Å². The van der Waals surface area contributed by atoms with E-state index in [-0.39, 0.29) is 17.3 Å². The largest absolute Gasteiger partial charge is 0.474 e. The molecule has 30 heavy (non-hydrogen) atoms. The SMILES string of the molecule is CC(Oc1ccccc1[N+](=O)[O-])C(=O)Nc1cccc(C(=O)N2CCN(C)CC2)c1. The summed E-state index contributed by atoms with van der Waals surface area (Å²) in [5.74, 6) is -0.537. The Morgan fingerprint density at radius 2 is 1.80 bits per heavy atom. The van der Waals surface area contributed by atoms with Crippen molar-refractivity contribution in [2.24, 2.45) is 0 Å². The molecule has 1 fully saturated rings. The zero-order valence-electron chi connectivity index (χ0n) is 16.9. The number of para-hydroxylation sites is 2. The number of nitro benzene ring substituents is 1. The number of hydrogen-bond donors (Lipinski definition) is 1. The fourth-order valence-electron chi connectivity index (χ4n) is 3.12. The lowest BCUT2D eigenvalue weighted by molar-refractivity contribution is -0.386. The molecule has 2 aromatic rings. The Bertz CT molecular complexity index is 940. The Kier molecular flexibility index (Phi) is 6.63. The average molecular weight is 412 g/mol. The molecule has 9 heteroatoms. The number of piperazine rings is 1. The maximum Gasteiger partial charge on any atom is 0.310 e. The van der Waals surface area contributed by atoms with Crippen molar-refractivity contribution in [1.29, 1.82) is 0 Å². The summed E-state index contributed by atoms with van der Waals surface area (Å²) in [5, 5.41) is 13.8. The number of ether oxygens (including phenoxy) is 1. The highest BCUT2D eigenvalue weighted by molar-refractivity contribution is 5.98. The first-order valence-corrected chi connectivity index (χ1v) is 9.64. The van der Waals surface area contributed by atoms with Gasteiger partial charge >= 0.3 is 5.69 Å². The first-order chi connectivity index (χ1) is 14.3. The molecule has 158 valence electrons. The second kappa shape index (κ2) is 9.36. The summed E-state index contributed by atoms with van der Waals surface area (Å²) < 4.78 is 5.49. The van der Waals surface area contributed by atoms with Gasteiger partial charge in [0.15, 0.2) is 11.9 Å². The molecule has 1 unspecified atom stereocenters. The number of anilines is 1. The summed E-state index contributed by atoms with van der Waals surface area (Å²) in [4.78, 5) is 39.7. The van der Waals surface area contributed by atoms with Crippen molar-refractivity contribution in [2.75, 3.05) is 38.5 Å². The topological polar surface area (TPSA) is 105 Å². The predicted molar refractivity (Wildman–Crippen MR) is 112 cm³/mol. The number of nitrogens with one attached hydrogen (secondary N) is 1. The van der Waals surface area contributed by atoms with E-state index in [1.165, 1.54) is 25.1 Å². The van der Waals surface area contributed by atoms with Gasteiger partial charge in [-0.3, -0.25) is 19.7 Å². The second-order valence-corrected chi connectivity index (χ2v) is 7.15. The Labute approximate surface area is 174 Å². The first-order valence-electron chi connectivity index (χ1n) is 9.64. The van der Waals surface area contributed by atoms with Gasteiger partial charge in [-0.1, -0.05) is 18.2 Å². The third-order valence-electron chi connectivity index (χ3n) is 4.90. The van der Waals surface area contributed by atoms with E-state index in [9.17, 15) is 19.7 Å². The maximum absolute atomic E-state index is 12.7. The fourth-order valence-corrected chi connectivity index (χ4v) is 3.12. The number of nitro groups is 1. The molecule has 2 aromatic carbocycles. The molecule has 9 nitrogen and oxygen atoms in total. The summed E-state index contributed by atoms with van der Waals surface area (Å²) in [6.07, 6.45) is -0.969. The number of nitrogens with zero attached hydrogens (tertiary/aromatic N) is 3. The van der Waals surface area contributed by atoms with E-state index in [1.807, 2.05) is 7.05 Å². The van der Waals surface area contributed by atoms with Gasteiger partial charge < -0.3 is 19.9 Å². The second-order valence-electron chi connectivity index (χ2n) is 7.15. The van der Waals surface area contributed by atoms with E-state index in [1.54, 1.807) is 35.2 Å². The van der Waals surface area contributed by atoms with Crippen LogP contribution >= 0.6 is 0 Å². The molecule has 0 saturated carbocycles. The highest BCUT2D eigenvalue weighted by Crippen LogP contribution is 2.27. The van der Waals surface area contributed by atoms with Crippen LogP contribution in [0.5, 0.6) is 5.75 Å². The Balaban J connectivity index is 1.65. The minimum absolute atomic E-state index is 0.0177. The van der Waals surface area contributed by atoms with E-state index in [0.29, 0.717) is 24.3 Å². The van der Waals surface area contributed by atoms with E-state index in [0.717, 1.165) is 13.1 Å². The van der Waals surface area contributed by atoms with Crippen LogP contribution in [0.2, 0.25) is 0 Å². The minimum atomic E-state index is -0.969. The molecule has 1 N–H and O–H groups in total. The normalized spacial score (nSPS) is 15.3. The summed E-state index contributed by atoms with van der Waals surface area (Å²) >= 11 is 0. The summed E-state index contributed by atoms with van der Waals surface area (Å²) in [6.45, 7) is 4.47. The number of amides is 2. The number of hydrogen-bond acceptors (Lipinski definition) is 6. The van der Waals surface area contributed by atoms with Gasteiger partial charge in [-0.15, -0.1) is 0 Å². The van der Waals surface area contributed by atoms with Gasteiger partial charge in [0.1, 0.15) is 0 Å². The standard InChI is InChI=1S/C21H24N4O5/c1-15(30-19-9-4-3-8-18(19)25(28)29)20(26)22-17-7-5-6-16(14-17)21(27)24-12-10-23(2)11-13-24/h3-9,14-15H,10-13H2,1-2H3,(H,22,26). The Morgan fingerprint density at radius 1 is 1.10 bits per heavy atom. The van der Waals surface area contributed by atoms with Crippen molar-refractivity contribution < 1.29 is 19.2 Å². The summed E-state index contributed by atoms with van der Waals surface area (Å²) in [6, 6.07) is 12.6. The molecule has 1 saturated heterocycles. The first kappa shape index (κ1) is 21.3. The molecule has 0 spiro atoms. The van der Waals surface area contributed by atoms with Gasteiger partial charge in [-0.2, -0.15) is 0 Å². The lowest BCUT2D eigenvalue weighted by atomic mass is 10.1. The monoisotopic (exact) mass is 412 g/mol. The number of carbonyl (C=O) groups excluding carboxylic acids is 2. The predicted octanol–water partition coefficient (Wildman–Crippen LogP) is 2.39. The highest BCUT2D eigenvalue weighted by Gasteiger charge is 2.22. The van der Waals surface area contributed by atoms with Crippen molar-refractivity contribution in [3.8, 4) is 5.75 Å². The molecule has 0 bridgehead atoms. The highest BCUT2D eigenvalue weighted by atomic mass is 16.6. The molecular formula is C21H24N4O5. The van der Waals surface area contributed by atoms with Gasteiger partial charge in [0.25, 0.3) is 11.8 Å². The van der Waals surface area contributed by atoms with Crippen LogP contribution in [0.1, 0.15) is 17.3 Å². The van der Waals surface area contributed by atoms with Gasteiger partial charge in [-0.25, -0.2) is 0 Å². The average Bonchev–Trinajstić information content (AvgIpc) is 2.74. The third-order valence-corrected chi connectivity index (χ3v) is 4.90. The molecule has 1 aliphatic rings. The van der Waals surface area contributed by atoms with E-state index in [2.05, 4.69) is 10.2 Å². The number of rotatable bonds is 6. The van der Waals surface area contributed by atoms with Crippen LogP contribution < -0.4 is 10.1 Å². The molecule has 0 aliphatic carbocycles. The third kappa shape index (κ3) is 5.12. The van der Waals surface area contributed by atoms with Crippen LogP contribution in [0, 0.1) is 10.1 Å². The van der Waals surface area contributed by atoms with Crippen molar-refractivity contribution in [1.82, 2.24) is 9.80 Å². The van der Waals surface area contributed by atoms with Crippen LogP contribution in [0.15, 0.2) is 48.5 Å².